The number of nitrogens with zero attached hydrogens (tertiary/aromatic N) is 1. The van der Waals surface area contributed by atoms with E-state index in [9.17, 15) is 4.79 Å². The lowest BCUT2D eigenvalue weighted by atomic mass is 9.87. The summed E-state index contributed by atoms with van der Waals surface area (Å²) in [6, 6.07) is 1.85. The topological polar surface area (TPSA) is 86.1 Å². The minimum Gasteiger partial charge on any atom is -0.396 e. The fourth-order valence-electron chi connectivity index (χ4n) is 3.60. The number of amides is 1. The van der Waals surface area contributed by atoms with Gasteiger partial charge in [-0.15, -0.1) is 0 Å². The van der Waals surface area contributed by atoms with Crippen molar-refractivity contribution in [2.24, 2.45) is 5.92 Å². The van der Waals surface area contributed by atoms with Crippen LogP contribution in [0.25, 0.3) is 0 Å². The van der Waals surface area contributed by atoms with Gasteiger partial charge in [0, 0.05) is 29.8 Å². The molecule has 0 aliphatic heterocycles. The number of pyridine rings is 1. The second-order valence-electron chi connectivity index (χ2n) is 7.12. The summed E-state index contributed by atoms with van der Waals surface area (Å²) in [6.45, 7) is 2.04. The molecule has 2 rings (SSSR count). The molecule has 6 heteroatoms. The maximum absolute atomic E-state index is 12.7. The fourth-order valence-corrected chi connectivity index (χ4v) is 3.70. The molecule has 0 radical (unpaired) electrons. The van der Waals surface area contributed by atoms with Crippen LogP contribution < -0.4 is 5.32 Å². The van der Waals surface area contributed by atoms with E-state index in [0.29, 0.717) is 25.0 Å². The predicted octanol–water partition coefficient (Wildman–Crippen LogP) is 3.80. The van der Waals surface area contributed by atoms with Crippen molar-refractivity contribution in [2.45, 2.75) is 64.3 Å². The highest BCUT2D eigenvalue weighted by Crippen LogP contribution is 2.26. The van der Waals surface area contributed by atoms with Crippen molar-refractivity contribution in [3.63, 3.8) is 0 Å². The van der Waals surface area contributed by atoms with Crippen LogP contribution in [0.4, 0.5) is 0 Å². The Labute approximate surface area is 166 Å². The molecule has 1 aliphatic carbocycles. The second-order valence-corrected chi connectivity index (χ2v) is 7.37. The van der Waals surface area contributed by atoms with Crippen LogP contribution in [0.1, 0.15) is 66.3 Å². The van der Waals surface area contributed by atoms with Crippen LogP contribution in [0.3, 0.4) is 0 Å². The van der Waals surface area contributed by atoms with Gasteiger partial charge in [-0.05, 0) is 74.8 Å². The van der Waals surface area contributed by atoms with Gasteiger partial charge in [0.25, 0.3) is 5.91 Å². The van der Waals surface area contributed by atoms with Crippen molar-refractivity contribution in [1.82, 2.24) is 10.3 Å². The van der Waals surface area contributed by atoms with E-state index in [4.69, 9.17) is 22.1 Å². The van der Waals surface area contributed by atoms with Crippen molar-refractivity contribution in [2.75, 3.05) is 6.61 Å². The molecule has 0 spiro atoms. The second kappa shape index (κ2) is 11.2. The number of hydrogen-bond acceptors (Lipinski definition) is 4. The van der Waals surface area contributed by atoms with E-state index in [1.165, 1.54) is 17.3 Å². The summed E-state index contributed by atoms with van der Waals surface area (Å²) in [4.78, 5) is 17.4. The zero-order valence-electron chi connectivity index (χ0n) is 16.0. The molecule has 1 amide bonds. The molecule has 1 aromatic heterocycles. The van der Waals surface area contributed by atoms with Gasteiger partial charge in [0.2, 0.25) is 0 Å². The normalized spacial score (nSPS) is 16.0. The van der Waals surface area contributed by atoms with Crippen molar-refractivity contribution in [1.29, 1.82) is 5.41 Å². The van der Waals surface area contributed by atoms with E-state index in [0.717, 1.165) is 43.4 Å². The number of carbonyl (C=O) groups excluding carboxylic acids is 1. The number of rotatable bonds is 10. The Morgan fingerprint density at radius 2 is 2.22 bits per heavy atom. The highest BCUT2D eigenvalue weighted by molar-refractivity contribution is 6.25. The molecule has 0 saturated carbocycles. The quantitative estimate of drug-likeness (QED) is 0.530. The number of nitrogens with one attached hydrogen (secondary N) is 2. The number of halogens is 1. The Morgan fingerprint density at radius 1 is 1.44 bits per heavy atom. The van der Waals surface area contributed by atoms with E-state index in [1.54, 1.807) is 0 Å². The van der Waals surface area contributed by atoms with E-state index in [2.05, 4.69) is 10.3 Å². The number of carbonyl (C=O) groups is 1. The lowest BCUT2D eigenvalue weighted by molar-refractivity contribution is 0.0923. The lowest BCUT2D eigenvalue weighted by Gasteiger charge is -2.22. The Balaban J connectivity index is 2.28. The van der Waals surface area contributed by atoms with Gasteiger partial charge < -0.3 is 15.8 Å². The highest BCUT2D eigenvalue weighted by atomic mass is 35.5. The minimum absolute atomic E-state index is 0.0491. The van der Waals surface area contributed by atoms with Gasteiger partial charge in [0.1, 0.15) is 5.69 Å². The molecule has 2 unspecified atom stereocenters. The fraction of sp³-hybridized carbons (Fsp3) is 0.571. The standard InChI is InChI=1S/C21H30ClN3O2/c1-2-17(9-11-26)24-21(27)20-13-16(12-15(14-23)6-5-10-22)18-7-3-4-8-19(18)25-20/h5,10,13-15,17,23,26H,2-4,6-9,11-12H2,1H3,(H,24,27)/b10-5+,23-14?. The van der Waals surface area contributed by atoms with Crippen molar-refractivity contribution < 1.29 is 9.90 Å². The van der Waals surface area contributed by atoms with Crippen LogP contribution in [0.15, 0.2) is 17.7 Å². The molecular weight excluding hydrogens is 362 g/mol. The van der Waals surface area contributed by atoms with Crippen molar-refractivity contribution >= 4 is 23.7 Å². The number of hydrogen-bond donors (Lipinski definition) is 3. The lowest BCUT2D eigenvalue weighted by Crippen LogP contribution is -2.36. The molecule has 3 N–H and O–H groups in total. The van der Waals surface area contributed by atoms with Gasteiger partial charge in [0.05, 0.1) is 0 Å². The molecule has 148 valence electrons. The largest absolute Gasteiger partial charge is 0.396 e. The van der Waals surface area contributed by atoms with E-state index in [-0.39, 0.29) is 24.5 Å². The third-order valence-corrected chi connectivity index (χ3v) is 5.35. The Bertz CT molecular complexity index is 676. The summed E-state index contributed by atoms with van der Waals surface area (Å²) >= 11 is 5.64. The van der Waals surface area contributed by atoms with Crippen LogP contribution >= 0.6 is 11.6 Å². The molecule has 1 aromatic rings. The summed E-state index contributed by atoms with van der Waals surface area (Å²) < 4.78 is 0. The Kier molecular flexibility index (Phi) is 8.95. The zero-order chi connectivity index (χ0) is 19.6. The van der Waals surface area contributed by atoms with Crippen LogP contribution in [0, 0.1) is 11.3 Å². The summed E-state index contributed by atoms with van der Waals surface area (Å²) in [5.41, 5.74) is 5.33. The smallest absolute Gasteiger partial charge is 0.270 e. The summed E-state index contributed by atoms with van der Waals surface area (Å²) in [7, 11) is 0. The molecule has 1 aliphatic rings. The number of aryl methyl sites for hydroxylation is 1. The molecule has 0 fully saturated rings. The van der Waals surface area contributed by atoms with Gasteiger partial charge in [-0.2, -0.15) is 0 Å². The third kappa shape index (κ3) is 6.15. The van der Waals surface area contributed by atoms with Crippen LogP contribution in [0.2, 0.25) is 0 Å². The van der Waals surface area contributed by atoms with Crippen LogP contribution in [-0.2, 0) is 19.3 Å². The predicted molar refractivity (Wildman–Crippen MR) is 110 cm³/mol. The SMILES string of the molecule is CCC(CCO)NC(=O)c1cc(CC(C=N)C/C=C/Cl)c2c(n1)CCCC2. The van der Waals surface area contributed by atoms with Crippen LogP contribution in [-0.4, -0.2) is 34.9 Å². The maximum Gasteiger partial charge on any atom is 0.270 e. The monoisotopic (exact) mass is 391 g/mol. The molecule has 27 heavy (non-hydrogen) atoms. The maximum atomic E-state index is 12.7. The van der Waals surface area contributed by atoms with Crippen LogP contribution in [0.5, 0.6) is 0 Å². The number of fused-ring (bicyclic) bond motifs is 1. The Hall–Kier alpha value is -1.72. The molecule has 1 heterocycles. The molecule has 0 bridgehead atoms. The van der Waals surface area contributed by atoms with Gasteiger partial charge >= 0.3 is 0 Å². The van der Waals surface area contributed by atoms with Gasteiger partial charge in [-0.1, -0.05) is 24.6 Å². The van der Waals surface area contributed by atoms with E-state index >= 15 is 0 Å². The number of aliphatic hydroxyl groups is 1. The first-order chi connectivity index (χ1) is 13.1. The average molecular weight is 392 g/mol. The zero-order valence-corrected chi connectivity index (χ0v) is 16.8. The molecule has 0 saturated heterocycles. The Morgan fingerprint density at radius 3 is 2.89 bits per heavy atom. The summed E-state index contributed by atoms with van der Waals surface area (Å²) in [5.74, 6) is -0.126. The van der Waals surface area contributed by atoms with Crippen molar-refractivity contribution in [3.8, 4) is 0 Å². The third-order valence-electron chi connectivity index (χ3n) is 5.18. The van der Waals surface area contributed by atoms with Gasteiger partial charge in [0.15, 0.2) is 0 Å². The number of aromatic nitrogens is 1. The first-order valence-electron chi connectivity index (χ1n) is 9.82. The number of aliphatic hydroxyl groups excluding tert-OH is 1. The van der Waals surface area contributed by atoms with E-state index < -0.39 is 0 Å². The first-order valence-corrected chi connectivity index (χ1v) is 10.3. The molecule has 0 aromatic carbocycles. The van der Waals surface area contributed by atoms with E-state index in [1.807, 2.05) is 19.1 Å². The average Bonchev–Trinajstić information content (AvgIpc) is 2.70. The van der Waals surface area contributed by atoms with Gasteiger partial charge in [-0.3, -0.25) is 4.79 Å². The first kappa shape index (κ1) is 21.6. The summed E-state index contributed by atoms with van der Waals surface area (Å²) in [5, 5.41) is 19.8. The molecule has 2 atom stereocenters. The molecular formula is C21H30ClN3O2. The molecule has 5 nitrogen and oxygen atoms in total. The minimum atomic E-state index is -0.183. The van der Waals surface area contributed by atoms with Crippen molar-refractivity contribution in [3.05, 3.63) is 40.2 Å². The van der Waals surface area contributed by atoms with Gasteiger partial charge in [-0.25, -0.2) is 4.98 Å². The number of allylic oxidation sites excluding steroid dienone is 1. The summed E-state index contributed by atoms with van der Waals surface area (Å²) in [6.07, 6.45) is 10.2. The highest BCUT2D eigenvalue weighted by Gasteiger charge is 2.21.